The second-order valence-electron chi connectivity index (χ2n) is 8.04. The Hall–Kier alpha value is -1.71. The number of hydrogen-bond acceptors (Lipinski definition) is 3. The number of anilines is 1. The lowest BCUT2D eigenvalue weighted by Gasteiger charge is -2.18. The van der Waals surface area contributed by atoms with Gasteiger partial charge in [0.25, 0.3) is 0 Å². The van der Waals surface area contributed by atoms with E-state index in [1.807, 2.05) is 6.07 Å². The van der Waals surface area contributed by atoms with Crippen molar-refractivity contribution in [3.63, 3.8) is 0 Å². The smallest absolute Gasteiger partial charge is 0.119 e. The molecule has 3 nitrogen and oxygen atoms in total. The molecule has 2 aromatic rings. The maximum Gasteiger partial charge on any atom is 0.119 e. The van der Waals surface area contributed by atoms with Crippen molar-refractivity contribution >= 4 is 17.3 Å². The van der Waals surface area contributed by atoms with Crippen molar-refractivity contribution in [2.45, 2.75) is 64.0 Å². The van der Waals surface area contributed by atoms with Crippen LogP contribution in [0.4, 0.5) is 5.69 Å². The number of ether oxygens (including phenoxy) is 1. The number of halogens is 1. The largest absolute Gasteiger partial charge is 0.490 e. The Morgan fingerprint density at radius 3 is 2.46 bits per heavy atom. The molecule has 28 heavy (non-hydrogen) atoms. The molecule has 1 fully saturated rings. The highest BCUT2D eigenvalue weighted by Gasteiger charge is 2.15. The SMILES string of the molecule is Clc1ccc2c(c1NCc1ccc(OC3CCCCCC3)cc1)CCNCC2. The molecule has 0 bridgehead atoms. The van der Waals surface area contributed by atoms with Crippen LogP contribution in [0.3, 0.4) is 0 Å². The summed E-state index contributed by atoms with van der Waals surface area (Å²) in [4.78, 5) is 0. The minimum absolute atomic E-state index is 0.388. The third-order valence-corrected chi connectivity index (χ3v) is 6.29. The van der Waals surface area contributed by atoms with E-state index >= 15 is 0 Å². The van der Waals surface area contributed by atoms with Crippen molar-refractivity contribution in [1.29, 1.82) is 0 Å². The topological polar surface area (TPSA) is 33.3 Å². The van der Waals surface area contributed by atoms with Crippen LogP contribution in [-0.4, -0.2) is 19.2 Å². The van der Waals surface area contributed by atoms with Crippen LogP contribution >= 0.6 is 11.6 Å². The Morgan fingerprint density at radius 1 is 0.929 bits per heavy atom. The van der Waals surface area contributed by atoms with Crippen molar-refractivity contribution in [2.75, 3.05) is 18.4 Å². The highest BCUT2D eigenvalue weighted by atomic mass is 35.5. The highest BCUT2D eigenvalue weighted by molar-refractivity contribution is 6.33. The normalized spacial score (nSPS) is 18.0. The van der Waals surface area contributed by atoms with Crippen molar-refractivity contribution < 1.29 is 4.74 Å². The Balaban J connectivity index is 1.39. The van der Waals surface area contributed by atoms with Gasteiger partial charge in [0.15, 0.2) is 0 Å². The van der Waals surface area contributed by atoms with Crippen molar-refractivity contribution in [1.82, 2.24) is 5.32 Å². The van der Waals surface area contributed by atoms with E-state index in [0.29, 0.717) is 6.10 Å². The summed E-state index contributed by atoms with van der Waals surface area (Å²) in [5, 5.41) is 7.88. The molecule has 1 aliphatic carbocycles. The van der Waals surface area contributed by atoms with Gasteiger partial charge < -0.3 is 15.4 Å². The first-order chi connectivity index (χ1) is 13.8. The first kappa shape index (κ1) is 19.6. The Morgan fingerprint density at radius 2 is 1.68 bits per heavy atom. The molecule has 4 rings (SSSR count). The molecule has 1 aliphatic heterocycles. The monoisotopic (exact) mass is 398 g/mol. The first-order valence-corrected chi connectivity index (χ1v) is 11.2. The fourth-order valence-electron chi connectivity index (χ4n) is 4.36. The molecule has 0 saturated heterocycles. The third-order valence-electron chi connectivity index (χ3n) is 5.98. The van der Waals surface area contributed by atoms with Gasteiger partial charge in [0.05, 0.1) is 16.8 Å². The summed E-state index contributed by atoms with van der Waals surface area (Å²) >= 11 is 6.52. The molecule has 0 amide bonds. The average molecular weight is 399 g/mol. The summed E-state index contributed by atoms with van der Waals surface area (Å²) in [5.74, 6) is 0.994. The zero-order valence-electron chi connectivity index (χ0n) is 16.6. The van der Waals surface area contributed by atoms with Crippen LogP contribution in [0.1, 0.15) is 55.2 Å². The molecule has 1 saturated carbocycles. The predicted octanol–water partition coefficient (Wildman–Crippen LogP) is 5.74. The van der Waals surface area contributed by atoms with E-state index < -0.39 is 0 Å². The van der Waals surface area contributed by atoms with Gasteiger partial charge in [-0.25, -0.2) is 0 Å². The summed E-state index contributed by atoms with van der Waals surface area (Å²) in [6.07, 6.45) is 10.2. The standard InChI is InChI=1S/C24H31ClN2O/c25-23-12-9-19-13-15-26-16-14-22(19)24(23)27-17-18-7-10-21(11-8-18)28-20-5-3-1-2-4-6-20/h7-12,20,26-27H,1-6,13-17H2. The molecule has 2 aliphatic rings. The second kappa shape index (κ2) is 9.67. The first-order valence-electron chi connectivity index (χ1n) is 10.8. The van der Waals surface area contributed by atoms with Gasteiger partial charge in [-0.1, -0.05) is 42.6 Å². The van der Waals surface area contributed by atoms with Crippen molar-refractivity contribution in [2.24, 2.45) is 0 Å². The van der Waals surface area contributed by atoms with Crippen LogP contribution < -0.4 is 15.4 Å². The van der Waals surface area contributed by atoms with Gasteiger partial charge in [-0.05, 0) is 86.5 Å². The van der Waals surface area contributed by atoms with Crippen LogP contribution in [0, 0.1) is 0 Å². The Kier molecular flexibility index (Phi) is 6.77. The summed E-state index contributed by atoms with van der Waals surface area (Å²) in [7, 11) is 0. The lowest BCUT2D eigenvalue weighted by molar-refractivity contribution is 0.183. The summed E-state index contributed by atoms with van der Waals surface area (Å²) in [6, 6.07) is 12.7. The van der Waals surface area contributed by atoms with Gasteiger partial charge in [-0.3, -0.25) is 0 Å². The van der Waals surface area contributed by atoms with Crippen LogP contribution in [0.15, 0.2) is 36.4 Å². The average Bonchev–Trinajstić information content (AvgIpc) is 3.11. The minimum Gasteiger partial charge on any atom is -0.490 e. The molecule has 0 radical (unpaired) electrons. The van der Waals surface area contributed by atoms with Gasteiger partial charge in [0.2, 0.25) is 0 Å². The zero-order chi connectivity index (χ0) is 19.2. The van der Waals surface area contributed by atoms with Crippen molar-refractivity contribution in [3.8, 4) is 5.75 Å². The van der Waals surface area contributed by atoms with Crippen LogP contribution in [0.2, 0.25) is 5.02 Å². The van der Waals surface area contributed by atoms with E-state index in [-0.39, 0.29) is 0 Å². The van der Waals surface area contributed by atoms with E-state index in [9.17, 15) is 0 Å². The fourth-order valence-corrected chi connectivity index (χ4v) is 4.61. The van der Waals surface area contributed by atoms with Crippen LogP contribution in [0.5, 0.6) is 5.75 Å². The lowest BCUT2D eigenvalue weighted by atomic mass is 10.0. The number of rotatable bonds is 5. The van der Waals surface area contributed by atoms with Gasteiger partial charge in [0, 0.05) is 6.54 Å². The molecule has 1 heterocycles. The third kappa shape index (κ3) is 5.01. The predicted molar refractivity (Wildman–Crippen MR) is 118 cm³/mol. The number of hydrogen-bond donors (Lipinski definition) is 2. The maximum absolute atomic E-state index is 6.52. The quantitative estimate of drug-likeness (QED) is 0.630. The second-order valence-corrected chi connectivity index (χ2v) is 8.45. The van der Waals surface area contributed by atoms with Gasteiger partial charge in [-0.15, -0.1) is 0 Å². The van der Waals surface area contributed by atoms with Gasteiger partial charge in [-0.2, -0.15) is 0 Å². The molecule has 4 heteroatoms. The Labute approximate surface area is 173 Å². The van der Waals surface area contributed by atoms with Crippen LogP contribution in [0.25, 0.3) is 0 Å². The van der Waals surface area contributed by atoms with E-state index in [0.717, 1.165) is 48.9 Å². The number of nitrogens with one attached hydrogen (secondary N) is 2. The van der Waals surface area contributed by atoms with E-state index in [1.165, 1.54) is 55.2 Å². The summed E-state index contributed by atoms with van der Waals surface area (Å²) < 4.78 is 6.21. The lowest BCUT2D eigenvalue weighted by Crippen LogP contribution is -2.16. The van der Waals surface area contributed by atoms with E-state index in [2.05, 4.69) is 41.0 Å². The summed E-state index contributed by atoms with van der Waals surface area (Å²) in [5.41, 5.74) is 5.12. The highest BCUT2D eigenvalue weighted by Crippen LogP contribution is 2.31. The minimum atomic E-state index is 0.388. The van der Waals surface area contributed by atoms with Crippen molar-refractivity contribution in [3.05, 3.63) is 58.1 Å². The van der Waals surface area contributed by atoms with Crippen LogP contribution in [-0.2, 0) is 19.4 Å². The summed E-state index contributed by atoms with van der Waals surface area (Å²) in [6.45, 7) is 2.82. The molecular formula is C24H31ClN2O. The molecule has 0 spiro atoms. The van der Waals surface area contributed by atoms with E-state index in [1.54, 1.807) is 0 Å². The molecule has 0 unspecified atom stereocenters. The number of benzene rings is 2. The molecule has 150 valence electrons. The Bertz CT molecular complexity index is 767. The number of fused-ring (bicyclic) bond motifs is 1. The van der Waals surface area contributed by atoms with Gasteiger partial charge in [0.1, 0.15) is 5.75 Å². The zero-order valence-corrected chi connectivity index (χ0v) is 17.4. The van der Waals surface area contributed by atoms with Gasteiger partial charge >= 0.3 is 0 Å². The fraction of sp³-hybridized carbons (Fsp3) is 0.500. The molecular weight excluding hydrogens is 368 g/mol. The maximum atomic E-state index is 6.52. The molecule has 2 N–H and O–H groups in total. The molecule has 2 aromatic carbocycles. The molecule has 0 aromatic heterocycles. The van der Waals surface area contributed by atoms with E-state index in [4.69, 9.17) is 16.3 Å². The molecule has 0 atom stereocenters.